The van der Waals surface area contributed by atoms with E-state index >= 15 is 0 Å². The van der Waals surface area contributed by atoms with Crippen LogP contribution in [-0.2, 0) is 9.53 Å². The maximum atomic E-state index is 12.1. The van der Waals surface area contributed by atoms with E-state index in [0.717, 1.165) is 0 Å². The van der Waals surface area contributed by atoms with Crippen LogP contribution in [0.15, 0.2) is 48.5 Å². The summed E-state index contributed by atoms with van der Waals surface area (Å²) >= 11 is 5.82. The SMILES string of the molecule is CC(=O)c1cccc(NC(=O)C(C)OC(=O)c2cccc(Cl)c2)c1. The van der Waals surface area contributed by atoms with Gasteiger partial charge >= 0.3 is 5.97 Å². The molecule has 0 saturated heterocycles. The molecule has 5 nitrogen and oxygen atoms in total. The van der Waals surface area contributed by atoms with E-state index in [4.69, 9.17) is 16.3 Å². The second-order valence-electron chi connectivity index (χ2n) is 5.18. The average molecular weight is 346 g/mol. The number of ketones is 1. The summed E-state index contributed by atoms with van der Waals surface area (Å²) < 4.78 is 5.13. The molecule has 0 heterocycles. The normalized spacial score (nSPS) is 11.5. The molecule has 0 fully saturated rings. The maximum absolute atomic E-state index is 12.1. The van der Waals surface area contributed by atoms with E-state index in [9.17, 15) is 14.4 Å². The number of carbonyl (C=O) groups is 3. The molecule has 0 aliphatic heterocycles. The van der Waals surface area contributed by atoms with Crippen LogP contribution in [0.25, 0.3) is 0 Å². The summed E-state index contributed by atoms with van der Waals surface area (Å²) in [6.45, 7) is 2.91. The van der Waals surface area contributed by atoms with Crippen molar-refractivity contribution in [3.05, 3.63) is 64.7 Å². The van der Waals surface area contributed by atoms with Gasteiger partial charge in [-0.1, -0.05) is 29.8 Å². The van der Waals surface area contributed by atoms with E-state index in [-0.39, 0.29) is 11.3 Å². The van der Waals surface area contributed by atoms with Crippen LogP contribution in [0.1, 0.15) is 34.6 Å². The first-order chi connectivity index (χ1) is 11.4. The van der Waals surface area contributed by atoms with Gasteiger partial charge in [0.05, 0.1) is 5.56 Å². The van der Waals surface area contributed by atoms with E-state index in [1.807, 2.05) is 0 Å². The van der Waals surface area contributed by atoms with Crippen LogP contribution < -0.4 is 5.32 Å². The van der Waals surface area contributed by atoms with Crippen LogP contribution in [0.3, 0.4) is 0 Å². The lowest BCUT2D eigenvalue weighted by Gasteiger charge is -2.14. The van der Waals surface area contributed by atoms with Crippen molar-refractivity contribution >= 4 is 34.9 Å². The van der Waals surface area contributed by atoms with Gasteiger partial charge < -0.3 is 10.1 Å². The molecule has 24 heavy (non-hydrogen) atoms. The molecule has 0 aliphatic carbocycles. The number of nitrogens with one attached hydrogen (secondary N) is 1. The number of halogens is 1. The second kappa shape index (κ2) is 7.75. The van der Waals surface area contributed by atoms with Crippen LogP contribution in [-0.4, -0.2) is 23.8 Å². The van der Waals surface area contributed by atoms with E-state index in [2.05, 4.69) is 5.32 Å². The Kier molecular flexibility index (Phi) is 5.71. The third-order valence-corrected chi connectivity index (χ3v) is 3.49. The number of amides is 1. The minimum absolute atomic E-state index is 0.105. The summed E-state index contributed by atoms with van der Waals surface area (Å²) in [5.41, 5.74) is 1.20. The standard InChI is InChI=1S/C18H16ClNO4/c1-11(21)13-5-4-8-16(10-13)20-17(22)12(2)24-18(23)14-6-3-7-15(19)9-14/h3-10,12H,1-2H3,(H,20,22). The van der Waals surface area contributed by atoms with Gasteiger partial charge in [0.2, 0.25) is 0 Å². The highest BCUT2D eigenvalue weighted by atomic mass is 35.5. The van der Waals surface area contributed by atoms with Gasteiger partial charge in [-0.15, -0.1) is 0 Å². The molecule has 0 bridgehead atoms. The smallest absolute Gasteiger partial charge is 0.338 e. The van der Waals surface area contributed by atoms with Crippen LogP contribution in [0.2, 0.25) is 5.02 Å². The lowest BCUT2D eigenvalue weighted by molar-refractivity contribution is -0.123. The number of hydrogen-bond donors (Lipinski definition) is 1. The number of ether oxygens (including phenoxy) is 1. The summed E-state index contributed by atoms with van der Waals surface area (Å²) in [6.07, 6.45) is -1.00. The van der Waals surface area contributed by atoms with Crippen molar-refractivity contribution in [2.75, 3.05) is 5.32 Å². The van der Waals surface area contributed by atoms with Crippen molar-refractivity contribution in [2.45, 2.75) is 20.0 Å². The van der Waals surface area contributed by atoms with Crippen LogP contribution in [0.5, 0.6) is 0 Å². The lowest BCUT2D eigenvalue weighted by Crippen LogP contribution is -2.30. The van der Waals surface area contributed by atoms with E-state index in [1.54, 1.807) is 42.5 Å². The molecule has 0 aromatic heterocycles. The van der Waals surface area contributed by atoms with Crippen LogP contribution >= 0.6 is 11.6 Å². The van der Waals surface area contributed by atoms with Crippen molar-refractivity contribution in [3.8, 4) is 0 Å². The zero-order chi connectivity index (χ0) is 17.7. The average Bonchev–Trinajstić information content (AvgIpc) is 2.54. The summed E-state index contributed by atoms with van der Waals surface area (Å²) in [7, 11) is 0. The summed E-state index contributed by atoms with van der Waals surface area (Å²) in [4.78, 5) is 35.5. The number of Topliss-reactive ketones (excluding diaryl/α,β-unsaturated/α-hetero) is 1. The van der Waals surface area contributed by atoms with Crippen molar-refractivity contribution in [1.29, 1.82) is 0 Å². The molecular weight excluding hydrogens is 330 g/mol. The van der Waals surface area contributed by atoms with Crippen molar-refractivity contribution < 1.29 is 19.1 Å². The number of benzene rings is 2. The zero-order valence-corrected chi connectivity index (χ0v) is 14.0. The van der Waals surface area contributed by atoms with Crippen molar-refractivity contribution in [3.63, 3.8) is 0 Å². The minimum atomic E-state index is -1.00. The van der Waals surface area contributed by atoms with Gasteiger partial charge in [0.1, 0.15) is 0 Å². The predicted molar refractivity (Wildman–Crippen MR) is 91.4 cm³/mol. The Balaban J connectivity index is 2.01. The number of carbonyl (C=O) groups excluding carboxylic acids is 3. The first-order valence-corrected chi connectivity index (χ1v) is 7.63. The third-order valence-electron chi connectivity index (χ3n) is 3.25. The van der Waals surface area contributed by atoms with E-state index in [1.165, 1.54) is 19.9 Å². The summed E-state index contributed by atoms with van der Waals surface area (Å²) in [6, 6.07) is 12.8. The molecule has 2 aromatic carbocycles. The predicted octanol–water partition coefficient (Wildman–Crippen LogP) is 3.73. The van der Waals surface area contributed by atoms with Gasteiger partial charge in [-0.3, -0.25) is 9.59 Å². The van der Waals surface area contributed by atoms with Crippen LogP contribution in [0, 0.1) is 0 Å². The third kappa shape index (κ3) is 4.67. The topological polar surface area (TPSA) is 72.5 Å². The molecule has 1 amide bonds. The van der Waals surface area contributed by atoms with Gasteiger partial charge in [0.15, 0.2) is 11.9 Å². The highest BCUT2D eigenvalue weighted by Gasteiger charge is 2.19. The van der Waals surface area contributed by atoms with Gasteiger partial charge in [-0.25, -0.2) is 4.79 Å². The van der Waals surface area contributed by atoms with Crippen molar-refractivity contribution in [1.82, 2.24) is 0 Å². The molecule has 6 heteroatoms. The Bertz CT molecular complexity index is 788. The molecule has 1 N–H and O–H groups in total. The highest BCUT2D eigenvalue weighted by molar-refractivity contribution is 6.30. The molecule has 0 saturated carbocycles. The molecule has 124 valence electrons. The molecule has 2 aromatic rings. The molecular formula is C18H16ClNO4. The minimum Gasteiger partial charge on any atom is -0.449 e. The quantitative estimate of drug-likeness (QED) is 0.662. The van der Waals surface area contributed by atoms with E-state index in [0.29, 0.717) is 16.3 Å². The summed E-state index contributed by atoms with van der Waals surface area (Å²) in [5, 5.41) is 3.02. The van der Waals surface area contributed by atoms with E-state index < -0.39 is 18.0 Å². The Hall–Kier alpha value is -2.66. The Labute approximate surface area is 144 Å². The Morgan fingerprint density at radius 3 is 2.38 bits per heavy atom. The molecule has 1 unspecified atom stereocenters. The fraction of sp³-hybridized carbons (Fsp3) is 0.167. The molecule has 0 spiro atoms. The molecule has 1 atom stereocenters. The molecule has 0 aliphatic rings. The Morgan fingerprint density at radius 2 is 1.71 bits per heavy atom. The lowest BCUT2D eigenvalue weighted by atomic mass is 10.1. The maximum Gasteiger partial charge on any atom is 0.338 e. The first kappa shape index (κ1) is 17.7. The Morgan fingerprint density at radius 1 is 1.04 bits per heavy atom. The fourth-order valence-corrected chi connectivity index (χ4v) is 2.15. The number of rotatable bonds is 5. The molecule has 0 radical (unpaired) electrons. The fourth-order valence-electron chi connectivity index (χ4n) is 1.96. The monoisotopic (exact) mass is 345 g/mol. The summed E-state index contributed by atoms with van der Waals surface area (Å²) in [5.74, 6) is -1.24. The second-order valence-corrected chi connectivity index (χ2v) is 5.62. The van der Waals surface area contributed by atoms with Crippen LogP contribution in [0.4, 0.5) is 5.69 Å². The largest absolute Gasteiger partial charge is 0.449 e. The highest BCUT2D eigenvalue weighted by Crippen LogP contribution is 2.14. The van der Waals surface area contributed by atoms with Gasteiger partial charge in [0, 0.05) is 16.3 Å². The van der Waals surface area contributed by atoms with Gasteiger partial charge in [-0.05, 0) is 44.2 Å². The first-order valence-electron chi connectivity index (χ1n) is 7.25. The van der Waals surface area contributed by atoms with Gasteiger partial charge in [-0.2, -0.15) is 0 Å². The number of hydrogen-bond acceptors (Lipinski definition) is 4. The van der Waals surface area contributed by atoms with Gasteiger partial charge in [0.25, 0.3) is 5.91 Å². The zero-order valence-electron chi connectivity index (χ0n) is 13.2. The number of esters is 1. The molecule has 2 rings (SSSR count). The van der Waals surface area contributed by atoms with Crippen molar-refractivity contribution in [2.24, 2.45) is 0 Å². The number of anilines is 1.